The first-order valence-electron chi connectivity index (χ1n) is 8.66. The van der Waals surface area contributed by atoms with Crippen molar-refractivity contribution in [1.82, 2.24) is 4.90 Å². The Morgan fingerprint density at radius 1 is 1.04 bits per heavy atom. The van der Waals surface area contributed by atoms with Gasteiger partial charge < -0.3 is 9.47 Å². The van der Waals surface area contributed by atoms with Crippen LogP contribution in [0.1, 0.15) is 17.5 Å². The molecule has 0 radical (unpaired) electrons. The molecule has 2 aromatic carbocycles. The molecule has 0 spiro atoms. The molecule has 134 valence electrons. The van der Waals surface area contributed by atoms with Crippen LogP contribution in [-0.2, 0) is 17.8 Å². The molecule has 1 fully saturated rings. The van der Waals surface area contributed by atoms with Crippen LogP contribution in [0.2, 0.25) is 10.0 Å². The fraction of sp³-hybridized carbons (Fsp3) is 0.400. The van der Waals surface area contributed by atoms with Gasteiger partial charge in [-0.25, -0.2) is 0 Å². The molecular formula is C20H23Cl2NO2. The van der Waals surface area contributed by atoms with E-state index in [1.54, 1.807) is 6.07 Å². The average Bonchev–Trinajstić information content (AvgIpc) is 2.62. The highest BCUT2D eigenvalue weighted by molar-refractivity contribution is 6.35. The van der Waals surface area contributed by atoms with E-state index in [2.05, 4.69) is 17.0 Å². The molecule has 0 aromatic heterocycles. The van der Waals surface area contributed by atoms with Gasteiger partial charge in [0.2, 0.25) is 0 Å². The average molecular weight is 380 g/mol. The number of benzene rings is 2. The van der Waals surface area contributed by atoms with Crippen LogP contribution < -0.4 is 4.74 Å². The van der Waals surface area contributed by atoms with Gasteiger partial charge in [-0.2, -0.15) is 0 Å². The largest absolute Gasteiger partial charge is 0.489 e. The van der Waals surface area contributed by atoms with Crippen molar-refractivity contribution in [3.05, 3.63) is 63.6 Å². The summed E-state index contributed by atoms with van der Waals surface area (Å²) in [6.45, 7) is 5.37. The maximum atomic E-state index is 6.19. The first-order chi connectivity index (χ1) is 12.2. The summed E-state index contributed by atoms with van der Waals surface area (Å²) in [5, 5.41) is 1.27. The van der Waals surface area contributed by atoms with Crippen LogP contribution in [0.4, 0.5) is 0 Å². The van der Waals surface area contributed by atoms with E-state index in [-0.39, 0.29) is 0 Å². The van der Waals surface area contributed by atoms with Gasteiger partial charge in [0.05, 0.1) is 13.2 Å². The van der Waals surface area contributed by atoms with Crippen LogP contribution in [0, 0.1) is 0 Å². The van der Waals surface area contributed by atoms with Crippen molar-refractivity contribution < 1.29 is 9.47 Å². The Morgan fingerprint density at radius 2 is 1.88 bits per heavy atom. The van der Waals surface area contributed by atoms with Crippen molar-refractivity contribution in [3.8, 4) is 5.75 Å². The smallest absolute Gasteiger partial charge is 0.120 e. The molecular weight excluding hydrogens is 357 g/mol. The molecule has 1 aliphatic heterocycles. The lowest BCUT2D eigenvalue weighted by atomic mass is 10.1. The highest BCUT2D eigenvalue weighted by Crippen LogP contribution is 2.23. The summed E-state index contributed by atoms with van der Waals surface area (Å²) < 4.78 is 11.3. The van der Waals surface area contributed by atoms with Crippen molar-refractivity contribution in [2.24, 2.45) is 0 Å². The van der Waals surface area contributed by atoms with E-state index in [0.717, 1.165) is 57.0 Å². The van der Waals surface area contributed by atoms with Crippen LogP contribution in [0.15, 0.2) is 42.5 Å². The van der Waals surface area contributed by atoms with E-state index < -0.39 is 0 Å². The van der Waals surface area contributed by atoms with E-state index in [9.17, 15) is 0 Å². The Labute approximate surface area is 159 Å². The van der Waals surface area contributed by atoms with Crippen LogP contribution in [0.3, 0.4) is 0 Å². The number of halogens is 2. The Balaban J connectivity index is 1.48. The fourth-order valence-electron chi connectivity index (χ4n) is 2.92. The quantitative estimate of drug-likeness (QED) is 0.686. The lowest BCUT2D eigenvalue weighted by Crippen LogP contribution is -2.36. The number of ether oxygens (including phenoxy) is 2. The maximum Gasteiger partial charge on any atom is 0.120 e. The summed E-state index contributed by atoms with van der Waals surface area (Å²) >= 11 is 12.1. The molecule has 0 saturated carbocycles. The molecule has 3 nitrogen and oxygen atoms in total. The van der Waals surface area contributed by atoms with Crippen LogP contribution in [-0.4, -0.2) is 37.7 Å². The molecule has 0 bridgehead atoms. The van der Waals surface area contributed by atoms with Crippen LogP contribution in [0.25, 0.3) is 0 Å². The summed E-state index contributed by atoms with van der Waals surface area (Å²) in [4.78, 5) is 2.46. The molecule has 1 heterocycles. The van der Waals surface area contributed by atoms with Gasteiger partial charge in [-0.05, 0) is 49.2 Å². The molecule has 2 aromatic rings. The van der Waals surface area contributed by atoms with Gasteiger partial charge in [-0.1, -0.05) is 41.4 Å². The molecule has 0 amide bonds. The lowest BCUT2D eigenvalue weighted by molar-refractivity contribution is 0.0374. The summed E-state index contributed by atoms with van der Waals surface area (Å²) in [5.41, 5.74) is 2.23. The summed E-state index contributed by atoms with van der Waals surface area (Å²) in [5.74, 6) is 0.870. The van der Waals surface area contributed by atoms with E-state index in [1.807, 2.05) is 24.3 Å². The summed E-state index contributed by atoms with van der Waals surface area (Å²) in [6.07, 6.45) is 2.20. The maximum absolute atomic E-state index is 6.19. The van der Waals surface area contributed by atoms with Gasteiger partial charge in [-0.15, -0.1) is 0 Å². The molecule has 1 saturated heterocycles. The van der Waals surface area contributed by atoms with E-state index in [0.29, 0.717) is 16.7 Å². The van der Waals surface area contributed by atoms with E-state index in [4.69, 9.17) is 32.7 Å². The SMILES string of the molecule is Clc1ccc(COc2cccc(CCCN3CCOCC3)c2)c(Cl)c1. The normalized spacial score (nSPS) is 15.3. The predicted octanol–water partition coefficient (Wildman–Crippen LogP) is 4.84. The first kappa shape index (κ1) is 18.5. The Hall–Kier alpha value is -1.26. The third-order valence-corrected chi connectivity index (χ3v) is 4.94. The highest BCUT2D eigenvalue weighted by atomic mass is 35.5. The van der Waals surface area contributed by atoms with Gasteiger partial charge in [0.15, 0.2) is 0 Å². The molecule has 5 heteroatoms. The molecule has 0 aliphatic carbocycles. The van der Waals surface area contributed by atoms with Crippen molar-refractivity contribution in [3.63, 3.8) is 0 Å². The molecule has 3 rings (SSSR count). The second-order valence-corrected chi connectivity index (χ2v) is 7.07. The van der Waals surface area contributed by atoms with Gasteiger partial charge in [0, 0.05) is 28.7 Å². The van der Waals surface area contributed by atoms with Crippen molar-refractivity contribution in [2.45, 2.75) is 19.4 Å². The van der Waals surface area contributed by atoms with Gasteiger partial charge in [-0.3, -0.25) is 4.90 Å². The second kappa shape index (κ2) is 9.44. The third-order valence-electron chi connectivity index (χ3n) is 4.35. The number of morpholine rings is 1. The minimum absolute atomic E-state index is 0.438. The molecule has 25 heavy (non-hydrogen) atoms. The van der Waals surface area contributed by atoms with Gasteiger partial charge >= 0.3 is 0 Å². The fourth-order valence-corrected chi connectivity index (χ4v) is 3.39. The highest BCUT2D eigenvalue weighted by Gasteiger charge is 2.09. The standard InChI is InChI=1S/C20H23Cl2NO2/c21-18-7-6-17(20(22)14-18)15-25-19-5-1-3-16(13-19)4-2-8-23-9-11-24-12-10-23/h1,3,5-7,13-14H,2,4,8-12,15H2. The molecule has 0 N–H and O–H groups in total. The number of rotatable bonds is 7. The minimum Gasteiger partial charge on any atom is -0.489 e. The van der Waals surface area contributed by atoms with Crippen LogP contribution in [0.5, 0.6) is 5.75 Å². The molecule has 0 unspecified atom stereocenters. The van der Waals surface area contributed by atoms with Gasteiger partial charge in [0.1, 0.15) is 12.4 Å². The van der Waals surface area contributed by atoms with E-state index >= 15 is 0 Å². The first-order valence-corrected chi connectivity index (χ1v) is 9.42. The van der Waals surface area contributed by atoms with Gasteiger partial charge in [0.25, 0.3) is 0 Å². The Bertz CT molecular complexity index is 687. The number of hydrogen-bond donors (Lipinski definition) is 0. The number of hydrogen-bond acceptors (Lipinski definition) is 3. The van der Waals surface area contributed by atoms with Crippen molar-refractivity contribution in [2.75, 3.05) is 32.8 Å². The number of aryl methyl sites for hydroxylation is 1. The zero-order valence-corrected chi connectivity index (χ0v) is 15.7. The number of nitrogens with zero attached hydrogens (tertiary/aromatic N) is 1. The lowest BCUT2D eigenvalue weighted by Gasteiger charge is -2.26. The second-order valence-electron chi connectivity index (χ2n) is 6.23. The molecule has 0 atom stereocenters. The molecule has 1 aliphatic rings. The monoisotopic (exact) mass is 379 g/mol. The zero-order chi connectivity index (χ0) is 17.5. The van der Waals surface area contributed by atoms with Crippen LogP contribution >= 0.6 is 23.2 Å². The Morgan fingerprint density at radius 3 is 2.68 bits per heavy atom. The Kier molecular flexibility index (Phi) is 7.00. The summed E-state index contributed by atoms with van der Waals surface area (Å²) in [7, 11) is 0. The predicted molar refractivity (Wildman–Crippen MR) is 103 cm³/mol. The topological polar surface area (TPSA) is 21.7 Å². The zero-order valence-electron chi connectivity index (χ0n) is 14.2. The van der Waals surface area contributed by atoms with Crippen molar-refractivity contribution >= 4 is 23.2 Å². The minimum atomic E-state index is 0.438. The third kappa shape index (κ3) is 5.89. The van der Waals surface area contributed by atoms with Crippen molar-refractivity contribution in [1.29, 1.82) is 0 Å². The summed E-state index contributed by atoms with van der Waals surface area (Å²) in [6, 6.07) is 13.8. The van der Waals surface area contributed by atoms with E-state index in [1.165, 1.54) is 5.56 Å².